The number of carboxylic acid groups (broad SMARTS) is 1. The van der Waals surface area contributed by atoms with Crippen molar-refractivity contribution in [3.8, 4) is 0 Å². The number of aliphatic carboxylic acids is 1. The number of rotatable bonds is 3. The van der Waals surface area contributed by atoms with Gasteiger partial charge in [-0.3, -0.25) is 4.79 Å². The van der Waals surface area contributed by atoms with Crippen LogP contribution in [0.2, 0.25) is 0 Å². The van der Waals surface area contributed by atoms with Crippen LogP contribution in [0.1, 0.15) is 33.6 Å². The maximum Gasteiger partial charge on any atom is 0.326 e. The van der Waals surface area contributed by atoms with Crippen molar-refractivity contribution < 1.29 is 24.2 Å². The first-order valence-corrected chi connectivity index (χ1v) is 7.03. The Balaban J connectivity index is 2.70. The van der Waals surface area contributed by atoms with Crippen LogP contribution in [0, 0.1) is 11.3 Å². The minimum Gasteiger partial charge on any atom is -0.480 e. The number of esters is 1. The molecule has 120 valence electrons. The van der Waals surface area contributed by atoms with Gasteiger partial charge in [-0.05, 0) is 18.3 Å². The molecular formula is C14H24N2O5. The van der Waals surface area contributed by atoms with Crippen LogP contribution in [0.4, 0.5) is 4.79 Å². The highest BCUT2D eigenvalue weighted by molar-refractivity contribution is 5.83. The lowest BCUT2D eigenvalue weighted by atomic mass is 9.87. The summed E-state index contributed by atoms with van der Waals surface area (Å²) in [7, 11) is 1.32. The zero-order chi connectivity index (χ0) is 16.2. The number of amides is 2. The number of carbonyl (C=O) groups excluding carboxylic acids is 2. The molecule has 1 heterocycles. The van der Waals surface area contributed by atoms with Crippen molar-refractivity contribution in [1.82, 2.24) is 10.2 Å². The van der Waals surface area contributed by atoms with Gasteiger partial charge >= 0.3 is 18.0 Å². The molecule has 21 heavy (non-hydrogen) atoms. The number of ether oxygens (including phenoxy) is 1. The molecule has 0 radical (unpaired) electrons. The van der Waals surface area contributed by atoms with E-state index < -0.39 is 23.5 Å². The van der Waals surface area contributed by atoms with Gasteiger partial charge < -0.3 is 20.1 Å². The van der Waals surface area contributed by atoms with E-state index in [2.05, 4.69) is 5.32 Å². The lowest BCUT2D eigenvalue weighted by molar-refractivity contribution is -0.147. The van der Waals surface area contributed by atoms with Gasteiger partial charge in [-0.15, -0.1) is 0 Å². The highest BCUT2D eigenvalue weighted by Gasteiger charge is 2.35. The van der Waals surface area contributed by atoms with E-state index in [1.165, 1.54) is 12.0 Å². The predicted octanol–water partition coefficient (Wildman–Crippen LogP) is 1.08. The number of carbonyl (C=O) groups is 3. The summed E-state index contributed by atoms with van der Waals surface area (Å²) in [6, 6.07) is -1.44. The molecule has 1 rings (SSSR count). The second-order valence-electron chi connectivity index (χ2n) is 6.40. The van der Waals surface area contributed by atoms with Crippen LogP contribution < -0.4 is 5.32 Å². The molecule has 7 nitrogen and oxygen atoms in total. The maximum atomic E-state index is 12.2. The molecule has 1 aliphatic rings. The third-order valence-corrected chi connectivity index (χ3v) is 3.62. The molecule has 2 N–H and O–H groups in total. The van der Waals surface area contributed by atoms with Crippen LogP contribution in [0.15, 0.2) is 0 Å². The number of urea groups is 1. The van der Waals surface area contributed by atoms with E-state index in [9.17, 15) is 19.5 Å². The van der Waals surface area contributed by atoms with Gasteiger partial charge in [-0.2, -0.15) is 0 Å². The van der Waals surface area contributed by atoms with Crippen molar-refractivity contribution in [2.45, 2.75) is 39.7 Å². The summed E-state index contributed by atoms with van der Waals surface area (Å²) in [5.41, 5.74) is -0.598. The molecule has 2 amide bonds. The highest BCUT2D eigenvalue weighted by atomic mass is 16.5. The lowest BCUT2D eigenvalue weighted by Crippen LogP contribution is -2.55. The predicted molar refractivity (Wildman–Crippen MR) is 75.7 cm³/mol. The fourth-order valence-corrected chi connectivity index (χ4v) is 2.38. The summed E-state index contributed by atoms with van der Waals surface area (Å²) < 4.78 is 4.70. The average Bonchev–Trinajstić information content (AvgIpc) is 2.42. The standard InChI is InChI=1S/C14H24N2O5/c1-14(2,3)10(11(17)18)15-13(20)16-7-5-6-9(8-16)12(19)21-4/h9-10H,5-8H2,1-4H3,(H,15,20)(H,17,18). The molecule has 2 unspecified atom stereocenters. The van der Waals surface area contributed by atoms with Gasteiger partial charge in [0.05, 0.1) is 13.0 Å². The Labute approximate surface area is 124 Å². The quantitative estimate of drug-likeness (QED) is 0.760. The Hall–Kier alpha value is -1.79. The van der Waals surface area contributed by atoms with Crippen molar-refractivity contribution in [2.24, 2.45) is 11.3 Å². The average molecular weight is 300 g/mol. The van der Waals surface area contributed by atoms with Crippen LogP contribution in [0.5, 0.6) is 0 Å². The zero-order valence-electron chi connectivity index (χ0n) is 13.0. The van der Waals surface area contributed by atoms with E-state index >= 15 is 0 Å². The zero-order valence-corrected chi connectivity index (χ0v) is 13.0. The van der Waals surface area contributed by atoms with Gasteiger partial charge in [-0.1, -0.05) is 20.8 Å². The van der Waals surface area contributed by atoms with Crippen molar-refractivity contribution in [1.29, 1.82) is 0 Å². The molecule has 2 atom stereocenters. The number of hydrogen-bond donors (Lipinski definition) is 2. The number of hydrogen-bond acceptors (Lipinski definition) is 4. The molecule has 0 aromatic carbocycles. The Morgan fingerprint density at radius 2 is 1.95 bits per heavy atom. The fraction of sp³-hybridized carbons (Fsp3) is 0.786. The number of methoxy groups -OCH3 is 1. The van der Waals surface area contributed by atoms with Crippen LogP contribution in [-0.2, 0) is 14.3 Å². The van der Waals surface area contributed by atoms with E-state index in [1.807, 2.05) is 0 Å². The third-order valence-electron chi connectivity index (χ3n) is 3.62. The molecule has 0 bridgehead atoms. The minimum atomic E-state index is -1.07. The normalized spacial score (nSPS) is 20.6. The molecule has 7 heteroatoms. The molecule has 0 aliphatic carbocycles. The third kappa shape index (κ3) is 4.61. The summed E-state index contributed by atoms with van der Waals surface area (Å²) >= 11 is 0. The summed E-state index contributed by atoms with van der Waals surface area (Å²) in [5.74, 6) is -1.75. The second kappa shape index (κ2) is 6.78. The van der Waals surface area contributed by atoms with Crippen LogP contribution in [0.3, 0.4) is 0 Å². The SMILES string of the molecule is COC(=O)C1CCCN(C(=O)NC(C(=O)O)C(C)(C)C)C1. The van der Waals surface area contributed by atoms with Gasteiger partial charge in [0.15, 0.2) is 0 Å². The van der Waals surface area contributed by atoms with Crippen LogP contribution >= 0.6 is 0 Å². The molecule has 0 aromatic rings. The number of piperidine rings is 1. The van der Waals surface area contributed by atoms with Crippen molar-refractivity contribution >= 4 is 18.0 Å². The van der Waals surface area contributed by atoms with Crippen LogP contribution in [0.25, 0.3) is 0 Å². The summed E-state index contributed by atoms with van der Waals surface area (Å²) in [5, 5.41) is 11.8. The first kappa shape index (κ1) is 17.3. The van der Waals surface area contributed by atoms with E-state index in [0.29, 0.717) is 19.4 Å². The number of likely N-dealkylation sites (tertiary alicyclic amines) is 1. The molecule has 1 fully saturated rings. The Morgan fingerprint density at radius 3 is 2.43 bits per heavy atom. The summed E-state index contributed by atoms with van der Waals surface area (Å²) in [6.07, 6.45) is 1.37. The smallest absolute Gasteiger partial charge is 0.326 e. The van der Waals surface area contributed by atoms with Gasteiger partial charge in [0, 0.05) is 13.1 Å². The molecule has 0 aromatic heterocycles. The molecule has 1 aliphatic heterocycles. The monoisotopic (exact) mass is 300 g/mol. The maximum absolute atomic E-state index is 12.2. The number of nitrogens with zero attached hydrogens (tertiary/aromatic N) is 1. The van der Waals surface area contributed by atoms with Gasteiger partial charge in [0.2, 0.25) is 0 Å². The number of nitrogens with one attached hydrogen (secondary N) is 1. The first-order valence-electron chi connectivity index (χ1n) is 7.03. The van der Waals surface area contributed by atoms with Crippen LogP contribution in [-0.4, -0.2) is 54.2 Å². The minimum absolute atomic E-state index is 0.259. The Bertz CT molecular complexity index is 416. The molecule has 0 saturated carbocycles. The van der Waals surface area contributed by atoms with Crippen molar-refractivity contribution in [3.63, 3.8) is 0 Å². The first-order chi connectivity index (χ1) is 9.66. The van der Waals surface area contributed by atoms with E-state index in [4.69, 9.17) is 4.74 Å². The Kier molecular flexibility index (Phi) is 5.57. The Morgan fingerprint density at radius 1 is 1.33 bits per heavy atom. The topological polar surface area (TPSA) is 95.9 Å². The van der Waals surface area contributed by atoms with Gasteiger partial charge in [-0.25, -0.2) is 9.59 Å². The largest absolute Gasteiger partial charge is 0.480 e. The summed E-state index contributed by atoms with van der Waals surface area (Å²) in [6.45, 7) is 6.02. The van der Waals surface area contributed by atoms with Crippen molar-refractivity contribution in [2.75, 3.05) is 20.2 Å². The van der Waals surface area contributed by atoms with Gasteiger partial charge in [0.1, 0.15) is 6.04 Å². The van der Waals surface area contributed by atoms with Crippen molar-refractivity contribution in [3.05, 3.63) is 0 Å². The summed E-state index contributed by atoms with van der Waals surface area (Å²) in [4.78, 5) is 36.5. The molecular weight excluding hydrogens is 276 g/mol. The lowest BCUT2D eigenvalue weighted by Gasteiger charge is -2.34. The molecule has 1 saturated heterocycles. The van der Waals surface area contributed by atoms with E-state index in [1.54, 1.807) is 20.8 Å². The molecule has 0 spiro atoms. The van der Waals surface area contributed by atoms with E-state index in [0.717, 1.165) is 0 Å². The second-order valence-corrected chi connectivity index (χ2v) is 6.40. The number of carboxylic acids is 1. The highest BCUT2D eigenvalue weighted by Crippen LogP contribution is 2.21. The fourth-order valence-electron chi connectivity index (χ4n) is 2.38. The van der Waals surface area contributed by atoms with E-state index in [-0.39, 0.29) is 18.4 Å². The van der Waals surface area contributed by atoms with Gasteiger partial charge in [0.25, 0.3) is 0 Å².